The molecule has 25 heavy (non-hydrogen) atoms. The number of carbonyl (C=O) groups excluding carboxylic acids is 1. The van der Waals surface area contributed by atoms with Crippen LogP contribution in [0.1, 0.15) is 6.92 Å². The van der Waals surface area contributed by atoms with E-state index in [1.165, 1.54) is 11.0 Å². The third-order valence-electron chi connectivity index (χ3n) is 3.74. The van der Waals surface area contributed by atoms with E-state index in [0.29, 0.717) is 26.6 Å². The van der Waals surface area contributed by atoms with Crippen LogP contribution in [0.3, 0.4) is 0 Å². The van der Waals surface area contributed by atoms with Crippen molar-refractivity contribution in [3.8, 4) is 5.75 Å². The Labute approximate surface area is 158 Å². The number of nitrogens with zero attached hydrogens (tertiary/aromatic N) is 1. The lowest BCUT2D eigenvalue weighted by Crippen LogP contribution is -2.42. The Kier molecular flexibility index (Phi) is 4.70. The summed E-state index contributed by atoms with van der Waals surface area (Å²) in [4.78, 5) is 13.4. The minimum atomic E-state index is -3.86. The smallest absolute Gasteiger partial charge is 0.267 e. The van der Waals surface area contributed by atoms with Gasteiger partial charge in [-0.05, 0) is 53.2 Å². The molecular formula is C16H14BrClN2O4S. The number of hydrogen-bond donors (Lipinski definition) is 1. The first-order chi connectivity index (χ1) is 11.7. The van der Waals surface area contributed by atoms with Crippen molar-refractivity contribution in [2.45, 2.75) is 17.9 Å². The largest absolute Gasteiger partial charge is 0.479 e. The zero-order valence-corrected chi connectivity index (χ0v) is 16.4. The fourth-order valence-corrected chi connectivity index (χ4v) is 4.68. The maximum Gasteiger partial charge on any atom is 0.267 e. The van der Waals surface area contributed by atoms with E-state index in [-0.39, 0.29) is 10.8 Å². The first kappa shape index (κ1) is 18.0. The molecule has 0 saturated carbocycles. The monoisotopic (exact) mass is 444 g/mol. The number of likely N-dealkylation sites (N-methyl/N-ethyl adjacent to an activating group) is 1. The predicted molar refractivity (Wildman–Crippen MR) is 99.9 cm³/mol. The highest BCUT2D eigenvalue weighted by atomic mass is 79.9. The topological polar surface area (TPSA) is 75.7 Å². The van der Waals surface area contributed by atoms with E-state index in [9.17, 15) is 13.2 Å². The fraction of sp³-hybridized carbons (Fsp3) is 0.188. The lowest BCUT2D eigenvalue weighted by Gasteiger charge is -2.30. The van der Waals surface area contributed by atoms with Gasteiger partial charge in [0.1, 0.15) is 10.6 Å². The molecule has 0 bridgehead atoms. The first-order valence-corrected chi connectivity index (χ1v) is 9.90. The van der Waals surface area contributed by atoms with Crippen molar-refractivity contribution in [2.75, 3.05) is 16.7 Å². The van der Waals surface area contributed by atoms with Gasteiger partial charge in [-0.25, -0.2) is 8.42 Å². The van der Waals surface area contributed by atoms with Gasteiger partial charge in [-0.3, -0.25) is 9.52 Å². The molecule has 0 aliphatic carbocycles. The second-order valence-corrected chi connectivity index (χ2v) is 8.46. The molecule has 1 unspecified atom stereocenters. The van der Waals surface area contributed by atoms with Crippen LogP contribution in [0, 0.1) is 0 Å². The van der Waals surface area contributed by atoms with E-state index < -0.39 is 16.1 Å². The lowest BCUT2D eigenvalue weighted by molar-refractivity contribution is -0.125. The normalized spacial score (nSPS) is 17.0. The molecule has 1 heterocycles. The highest BCUT2D eigenvalue weighted by Gasteiger charge is 2.31. The molecule has 0 saturated heterocycles. The summed E-state index contributed by atoms with van der Waals surface area (Å²) in [7, 11) is -2.24. The minimum absolute atomic E-state index is 0.0103. The van der Waals surface area contributed by atoms with Gasteiger partial charge in [0, 0.05) is 28.3 Å². The number of ether oxygens (including phenoxy) is 1. The zero-order chi connectivity index (χ0) is 18.4. The molecule has 1 N–H and O–H groups in total. The number of fused-ring (bicyclic) bond motifs is 1. The maximum absolute atomic E-state index is 12.7. The van der Waals surface area contributed by atoms with Gasteiger partial charge < -0.3 is 9.64 Å². The Morgan fingerprint density at radius 2 is 1.88 bits per heavy atom. The summed E-state index contributed by atoms with van der Waals surface area (Å²) in [6, 6.07) is 9.26. The van der Waals surface area contributed by atoms with Crippen molar-refractivity contribution in [3.63, 3.8) is 0 Å². The number of sulfonamides is 1. The highest BCUT2D eigenvalue weighted by Crippen LogP contribution is 2.39. The van der Waals surface area contributed by atoms with Crippen LogP contribution in [0.4, 0.5) is 11.4 Å². The fourth-order valence-electron chi connectivity index (χ4n) is 2.45. The summed E-state index contributed by atoms with van der Waals surface area (Å²) >= 11 is 9.08. The molecule has 1 amide bonds. The summed E-state index contributed by atoms with van der Waals surface area (Å²) in [5.74, 6) is 0.128. The van der Waals surface area contributed by atoms with Gasteiger partial charge in [-0.15, -0.1) is 0 Å². The van der Waals surface area contributed by atoms with E-state index in [1.807, 2.05) is 0 Å². The second-order valence-electron chi connectivity index (χ2n) is 5.52. The Bertz CT molecular complexity index is 947. The summed E-state index contributed by atoms with van der Waals surface area (Å²) in [6.07, 6.45) is -0.682. The number of hydrogen-bond acceptors (Lipinski definition) is 4. The standard InChI is InChI=1S/C16H14BrClN2O4S/c1-9-16(21)20(2)13-7-12(17)15(8-14(13)24-9)25(22,23)19-11-5-3-10(18)4-6-11/h3-9,19H,1-2H3. The number of carbonyl (C=O) groups is 1. The van der Waals surface area contributed by atoms with Crippen molar-refractivity contribution >= 4 is 54.8 Å². The molecule has 3 rings (SSSR count). The van der Waals surface area contributed by atoms with Crippen molar-refractivity contribution in [3.05, 3.63) is 45.9 Å². The van der Waals surface area contributed by atoms with Crippen LogP contribution >= 0.6 is 27.5 Å². The Hall–Kier alpha value is -1.77. The van der Waals surface area contributed by atoms with Crippen LogP contribution in [0.25, 0.3) is 0 Å². The molecule has 2 aromatic carbocycles. The Morgan fingerprint density at radius 3 is 2.52 bits per heavy atom. The van der Waals surface area contributed by atoms with Crippen LogP contribution in [-0.2, 0) is 14.8 Å². The number of benzene rings is 2. The molecule has 1 aliphatic rings. The van der Waals surface area contributed by atoms with Gasteiger partial charge in [0.2, 0.25) is 0 Å². The maximum atomic E-state index is 12.7. The van der Waals surface area contributed by atoms with Gasteiger partial charge in [0.25, 0.3) is 15.9 Å². The van der Waals surface area contributed by atoms with Crippen molar-refractivity contribution in [1.82, 2.24) is 0 Å². The van der Waals surface area contributed by atoms with Gasteiger partial charge >= 0.3 is 0 Å². The van der Waals surface area contributed by atoms with E-state index in [0.717, 1.165) is 0 Å². The molecule has 0 radical (unpaired) electrons. The van der Waals surface area contributed by atoms with Crippen molar-refractivity contribution < 1.29 is 17.9 Å². The van der Waals surface area contributed by atoms with Gasteiger partial charge in [-0.1, -0.05) is 11.6 Å². The highest BCUT2D eigenvalue weighted by molar-refractivity contribution is 9.10. The first-order valence-electron chi connectivity index (χ1n) is 7.25. The Morgan fingerprint density at radius 1 is 1.24 bits per heavy atom. The number of rotatable bonds is 3. The molecular weight excluding hydrogens is 432 g/mol. The molecule has 1 atom stereocenters. The molecule has 0 spiro atoms. The number of halogens is 2. The van der Waals surface area contributed by atoms with Gasteiger partial charge in [-0.2, -0.15) is 0 Å². The molecule has 0 aromatic heterocycles. The number of amides is 1. The van der Waals surface area contributed by atoms with Gasteiger partial charge in [0.05, 0.1) is 5.69 Å². The third kappa shape index (κ3) is 3.47. The van der Waals surface area contributed by atoms with Crippen LogP contribution in [0.5, 0.6) is 5.75 Å². The number of nitrogens with one attached hydrogen (secondary N) is 1. The van der Waals surface area contributed by atoms with E-state index in [1.54, 1.807) is 44.3 Å². The summed E-state index contributed by atoms with van der Waals surface area (Å²) in [5, 5.41) is 0.507. The minimum Gasteiger partial charge on any atom is -0.479 e. The summed E-state index contributed by atoms with van der Waals surface area (Å²) in [6.45, 7) is 1.62. The van der Waals surface area contributed by atoms with Crippen LogP contribution in [0.2, 0.25) is 5.02 Å². The molecule has 0 fully saturated rings. The molecule has 2 aromatic rings. The average Bonchev–Trinajstić information content (AvgIpc) is 2.55. The van der Waals surface area contributed by atoms with E-state index in [2.05, 4.69) is 20.7 Å². The van der Waals surface area contributed by atoms with E-state index >= 15 is 0 Å². The summed E-state index contributed by atoms with van der Waals surface area (Å²) < 4.78 is 33.8. The lowest BCUT2D eigenvalue weighted by atomic mass is 10.2. The van der Waals surface area contributed by atoms with Crippen molar-refractivity contribution in [1.29, 1.82) is 0 Å². The number of anilines is 2. The zero-order valence-electron chi connectivity index (χ0n) is 13.3. The Balaban J connectivity index is 2.01. The SMILES string of the molecule is CC1Oc2cc(S(=O)(=O)Nc3ccc(Cl)cc3)c(Br)cc2N(C)C1=O. The molecule has 9 heteroatoms. The van der Waals surface area contributed by atoms with Gasteiger partial charge in [0.15, 0.2) is 6.10 Å². The third-order valence-corrected chi connectivity index (χ3v) is 6.33. The summed E-state index contributed by atoms with van der Waals surface area (Å²) in [5.41, 5.74) is 0.885. The van der Waals surface area contributed by atoms with Crippen LogP contribution in [-0.4, -0.2) is 27.5 Å². The average molecular weight is 446 g/mol. The van der Waals surface area contributed by atoms with Crippen LogP contribution < -0.4 is 14.4 Å². The van der Waals surface area contributed by atoms with Crippen LogP contribution in [0.15, 0.2) is 45.8 Å². The second kappa shape index (κ2) is 6.51. The molecule has 6 nitrogen and oxygen atoms in total. The molecule has 1 aliphatic heterocycles. The quantitative estimate of drug-likeness (QED) is 0.782. The molecule has 132 valence electrons. The predicted octanol–water partition coefficient (Wildman–Crippen LogP) is 3.65. The van der Waals surface area contributed by atoms with Crippen molar-refractivity contribution in [2.24, 2.45) is 0 Å². The van der Waals surface area contributed by atoms with E-state index in [4.69, 9.17) is 16.3 Å².